The number of aliphatic hydroxyl groups excluding tert-OH is 1. The van der Waals surface area contributed by atoms with Gasteiger partial charge in [0, 0.05) is 12.1 Å². The quantitative estimate of drug-likeness (QED) is 0.359. The van der Waals surface area contributed by atoms with E-state index in [4.69, 9.17) is 13.9 Å². The molecule has 0 saturated carbocycles. The van der Waals surface area contributed by atoms with Crippen molar-refractivity contribution in [2.75, 3.05) is 13.7 Å². The highest BCUT2D eigenvalue weighted by molar-refractivity contribution is 6.46. The van der Waals surface area contributed by atoms with E-state index in [2.05, 4.69) is 0 Å². The Bertz CT molecular complexity index is 1240. The average Bonchev–Trinajstić information content (AvgIpc) is 3.46. The molecule has 1 aromatic heterocycles. The molecule has 5 rings (SSSR count). The largest absolute Gasteiger partial charge is 0.507 e. The van der Waals surface area contributed by atoms with Gasteiger partial charge in [-0.15, -0.1) is 0 Å². The molecule has 168 valence electrons. The molecule has 1 unspecified atom stereocenters. The van der Waals surface area contributed by atoms with Crippen LogP contribution in [0, 0.1) is 0 Å². The van der Waals surface area contributed by atoms with Gasteiger partial charge in [0.05, 0.1) is 25.6 Å². The van der Waals surface area contributed by atoms with Gasteiger partial charge < -0.3 is 23.9 Å². The Kier molecular flexibility index (Phi) is 5.38. The lowest BCUT2D eigenvalue weighted by Crippen LogP contribution is -2.29. The molecular formula is C26H23NO6. The molecule has 1 amide bonds. The van der Waals surface area contributed by atoms with Gasteiger partial charge in [0.15, 0.2) is 0 Å². The first-order chi connectivity index (χ1) is 16.1. The second kappa shape index (κ2) is 8.50. The van der Waals surface area contributed by atoms with Crippen LogP contribution in [0.1, 0.15) is 34.9 Å². The van der Waals surface area contributed by atoms with E-state index < -0.39 is 17.7 Å². The van der Waals surface area contributed by atoms with Gasteiger partial charge in [0.2, 0.25) is 0 Å². The van der Waals surface area contributed by atoms with Crippen LogP contribution in [0.15, 0.2) is 70.9 Å². The highest BCUT2D eigenvalue weighted by Gasteiger charge is 2.47. The number of methoxy groups -OCH3 is 1. The minimum atomic E-state index is -0.849. The number of hydrogen-bond donors (Lipinski definition) is 1. The smallest absolute Gasteiger partial charge is 0.296 e. The summed E-state index contributed by atoms with van der Waals surface area (Å²) in [4.78, 5) is 27.6. The molecule has 1 N–H and O–H groups in total. The predicted molar refractivity (Wildman–Crippen MR) is 120 cm³/mol. The van der Waals surface area contributed by atoms with Crippen LogP contribution in [0.4, 0.5) is 0 Å². The number of hydrogen-bond acceptors (Lipinski definition) is 6. The SMILES string of the molecule is COc1cccc(CN2C(=O)C(=O)/C(=C(\O)c3ccc4c(c3)CCCO4)C2c2ccco2)c1. The molecule has 0 radical (unpaired) electrons. The van der Waals surface area contributed by atoms with Crippen LogP contribution in [0.2, 0.25) is 0 Å². The van der Waals surface area contributed by atoms with Crippen molar-refractivity contribution in [2.45, 2.75) is 25.4 Å². The summed E-state index contributed by atoms with van der Waals surface area (Å²) >= 11 is 0. The number of carbonyl (C=O) groups excluding carboxylic acids is 2. The van der Waals surface area contributed by atoms with Crippen LogP contribution < -0.4 is 9.47 Å². The van der Waals surface area contributed by atoms with Crippen LogP contribution in [0.3, 0.4) is 0 Å². The number of fused-ring (bicyclic) bond motifs is 1. The van der Waals surface area contributed by atoms with E-state index in [-0.39, 0.29) is 17.9 Å². The van der Waals surface area contributed by atoms with E-state index in [0.717, 1.165) is 29.7 Å². The number of ether oxygens (including phenoxy) is 2. The topological polar surface area (TPSA) is 89.2 Å². The lowest BCUT2D eigenvalue weighted by Gasteiger charge is -2.23. The molecule has 2 aliphatic rings. The Morgan fingerprint density at radius 1 is 1.15 bits per heavy atom. The molecule has 3 heterocycles. The average molecular weight is 445 g/mol. The van der Waals surface area contributed by atoms with Crippen LogP contribution in [-0.4, -0.2) is 35.4 Å². The van der Waals surface area contributed by atoms with Gasteiger partial charge in [-0.3, -0.25) is 9.59 Å². The van der Waals surface area contributed by atoms with Gasteiger partial charge in [-0.05, 0) is 66.4 Å². The van der Waals surface area contributed by atoms with Gasteiger partial charge in [0.1, 0.15) is 29.1 Å². The van der Waals surface area contributed by atoms with Crippen molar-refractivity contribution in [1.29, 1.82) is 0 Å². The number of ketones is 1. The maximum Gasteiger partial charge on any atom is 0.296 e. The first-order valence-electron chi connectivity index (χ1n) is 10.8. The van der Waals surface area contributed by atoms with Crippen molar-refractivity contribution in [2.24, 2.45) is 0 Å². The second-order valence-corrected chi connectivity index (χ2v) is 8.07. The number of furan rings is 1. The predicted octanol–water partition coefficient (Wildman–Crippen LogP) is 4.24. The lowest BCUT2D eigenvalue weighted by molar-refractivity contribution is -0.140. The van der Waals surface area contributed by atoms with Gasteiger partial charge >= 0.3 is 0 Å². The molecule has 33 heavy (non-hydrogen) atoms. The third-order valence-corrected chi connectivity index (χ3v) is 6.02. The summed E-state index contributed by atoms with van der Waals surface area (Å²) < 4.78 is 16.5. The number of rotatable bonds is 5. The number of aryl methyl sites for hydroxylation is 1. The van der Waals surface area contributed by atoms with Gasteiger partial charge in [-0.1, -0.05) is 12.1 Å². The van der Waals surface area contributed by atoms with E-state index >= 15 is 0 Å². The van der Waals surface area contributed by atoms with Gasteiger partial charge in [0.25, 0.3) is 11.7 Å². The van der Waals surface area contributed by atoms with E-state index in [1.54, 1.807) is 37.4 Å². The summed E-state index contributed by atoms with van der Waals surface area (Å²) in [6.45, 7) is 0.814. The molecule has 2 aliphatic heterocycles. The molecule has 1 fully saturated rings. The molecule has 7 heteroatoms. The Balaban J connectivity index is 1.59. The number of likely N-dealkylation sites (tertiary alicyclic amines) is 1. The molecule has 0 aliphatic carbocycles. The van der Waals surface area contributed by atoms with Crippen LogP contribution >= 0.6 is 0 Å². The monoisotopic (exact) mass is 445 g/mol. The summed E-state index contributed by atoms with van der Waals surface area (Å²) in [6.07, 6.45) is 3.19. The molecule has 2 aromatic carbocycles. The summed E-state index contributed by atoms with van der Waals surface area (Å²) in [7, 11) is 1.57. The van der Waals surface area contributed by atoms with Crippen LogP contribution in [-0.2, 0) is 22.6 Å². The second-order valence-electron chi connectivity index (χ2n) is 8.07. The minimum absolute atomic E-state index is 0.00882. The summed E-state index contributed by atoms with van der Waals surface area (Å²) in [5, 5.41) is 11.2. The van der Waals surface area contributed by atoms with Crippen molar-refractivity contribution < 1.29 is 28.6 Å². The summed E-state index contributed by atoms with van der Waals surface area (Å²) in [5.74, 6) is 0.165. The molecule has 1 saturated heterocycles. The fraction of sp³-hybridized carbons (Fsp3) is 0.231. The molecule has 3 aromatic rings. The number of carbonyl (C=O) groups is 2. The van der Waals surface area contributed by atoms with Gasteiger partial charge in [-0.2, -0.15) is 0 Å². The van der Waals surface area contributed by atoms with Crippen molar-refractivity contribution in [3.63, 3.8) is 0 Å². The van der Waals surface area contributed by atoms with E-state index in [1.807, 2.05) is 24.3 Å². The molecule has 0 bridgehead atoms. The summed E-state index contributed by atoms with van der Waals surface area (Å²) in [6, 6.07) is 15.1. The molecule has 7 nitrogen and oxygen atoms in total. The number of benzene rings is 2. The standard InChI is InChI=1S/C26H23NO6/c1-31-19-7-2-5-16(13-19)15-27-23(21-8-4-12-33-21)22(25(29)26(27)30)24(28)18-9-10-20-17(14-18)6-3-11-32-20/h2,4-5,7-10,12-14,23,28H,3,6,11,15H2,1H3/b24-22-. The zero-order valence-electron chi connectivity index (χ0n) is 18.1. The molecular weight excluding hydrogens is 422 g/mol. The zero-order valence-corrected chi connectivity index (χ0v) is 18.1. The number of Topliss-reactive ketones (excluding diaryl/α,β-unsaturated/α-hetero) is 1. The third kappa shape index (κ3) is 3.75. The fourth-order valence-corrected chi connectivity index (χ4v) is 4.42. The van der Waals surface area contributed by atoms with E-state index in [9.17, 15) is 14.7 Å². The number of amides is 1. The van der Waals surface area contributed by atoms with E-state index in [1.165, 1.54) is 11.2 Å². The van der Waals surface area contributed by atoms with Crippen molar-refractivity contribution in [3.8, 4) is 11.5 Å². The van der Waals surface area contributed by atoms with Crippen molar-refractivity contribution >= 4 is 17.4 Å². The van der Waals surface area contributed by atoms with E-state index in [0.29, 0.717) is 23.7 Å². The summed E-state index contributed by atoms with van der Waals surface area (Å²) in [5.41, 5.74) is 2.23. The number of nitrogens with zero attached hydrogens (tertiary/aromatic N) is 1. The van der Waals surface area contributed by atoms with Crippen molar-refractivity contribution in [3.05, 3.63) is 88.9 Å². The normalized spacial score (nSPS) is 19.3. The number of aliphatic hydroxyl groups is 1. The first kappa shape index (κ1) is 20.9. The minimum Gasteiger partial charge on any atom is -0.507 e. The van der Waals surface area contributed by atoms with Crippen molar-refractivity contribution in [1.82, 2.24) is 4.90 Å². The molecule has 1 atom stereocenters. The van der Waals surface area contributed by atoms with Crippen LogP contribution in [0.25, 0.3) is 5.76 Å². The Labute approximate surface area is 190 Å². The van der Waals surface area contributed by atoms with Crippen LogP contribution in [0.5, 0.6) is 11.5 Å². The zero-order chi connectivity index (χ0) is 22.9. The highest BCUT2D eigenvalue weighted by atomic mass is 16.5. The molecule has 0 spiro atoms. The van der Waals surface area contributed by atoms with Gasteiger partial charge in [-0.25, -0.2) is 0 Å². The first-order valence-corrected chi connectivity index (χ1v) is 10.8. The maximum atomic E-state index is 13.1. The maximum absolute atomic E-state index is 13.1. The Hall–Kier alpha value is -4.00. The third-order valence-electron chi connectivity index (χ3n) is 6.02. The highest BCUT2D eigenvalue weighted by Crippen LogP contribution is 2.41. The fourth-order valence-electron chi connectivity index (χ4n) is 4.42. The Morgan fingerprint density at radius 3 is 2.82 bits per heavy atom. The lowest BCUT2D eigenvalue weighted by atomic mass is 9.96. The Morgan fingerprint density at radius 2 is 2.03 bits per heavy atom.